The number of hydrogen-bond acceptors (Lipinski definition) is 4. The van der Waals surface area contributed by atoms with E-state index in [-0.39, 0.29) is 18.3 Å². The van der Waals surface area contributed by atoms with Crippen molar-refractivity contribution in [2.45, 2.75) is 33.6 Å². The summed E-state index contributed by atoms with van der Waals surface area (Å²) >= 11 is 1.57. The monoisotopic (exact) mass is 357 g/mol. The first-order valence-electron chi connectivity index (χ1n) is 8.71. The average molecular weight is 357 g/mol. The third kappa shape index (κ3) is 3.61. The van der Waals surface area contributed by atoms with Gasteiger partial charge < -0.3 is 9.64 Å². The third-order valence-corrected chi connectivity index (χ3v) is 5.93. The molecule has 1 aliphatic rings. The summed E-state index contributed by atoms with van der Waals surface area (Å²) in [5.74, 6) is 0.858. The van der Waals surface area contributed by atoms with E-state index >= 15 is 0 Å². The molecule has 0 saturated heterocycles. The van der Waals surface area contributed by atoms with Gasteiger partial charge in [-0.1, -0.05) is 0 Å². The molecule has 5 heteroatoms. The zero-order chi connectivity index (χ0) is 18.0. The van der Waals surface area contributed by atoms with Gasteiger partial charge in [0.25, 0.3) is 5.91 Å². The summed E-state index contributed by atoms with van der Waals surface area (Å²) < 4.78 is 5.71. The maximum Gasteiger partial charge on any atom is 0.260 e. The largest absolute Gasteiger partial charge is 0.484 e. The van der Waals surface area contributed by atoms with Gasteiger partial charge in [-0.05, 0) is 74.6 Å². The standard InChI is InChI=1S/C20H23NO3S/c1-4-21(5-2)19(23)12-24-16-8-9-17-14(10-16)6-7-15-11-18(13(3)22)25-20(15)17/h8-11H,4-7,12H2,1-3H3. The summed E-state index contributed by atoms with van der Waals surface area (Å²) in [4.78, 5) is 27.5. The first-order chi connectivity index (χ1) is 12.0. The van der Waals surface area contributed by atoms with Gasteiger partial charge in [-0.2, -0.15) is 0 Å². The number of Topliss-reactive ketones (excluding diaryl/α,β-unsaturated/α-hetero) is 1. The molecule has 1 aliphatic carbocycles. The number of carbonyl (C=O) groups is 2. The number of ketones is 1. The Morgan fingerprint density at radius 3 is 2.52 bits per heavy atom. The van der Waals surface area contributed by atoms with Gasteiger partial charge in [0, 0.05) is 18.0 Å². The molecule has 0 N–H and O–H groups in total. The van der Waals surface area contributed by atoms with Gasteiger partial charge in [-0.3, -0.25) is 9.59 Å². The van der Waals surface area contributed by atoms with Crippen molar-refractivity contribution in [2.24, 2.45) is 0 Å². The molecule has 0 aliphatic heterocycles. The fourth-order valence-corrected chi connectivity index (χ4v) is 4.35. The fourth-order valence-electron chi connectivity index (χ4n) is 3.19. The maximum atomic E-state index is 12.1. The highest BCUT2D eigenvalue weighted by Crippen LogP contribution is 2.40. The molecule has 0 fully saturated rings. The first-order valence-corrected chi connectivity index (χ1v) is 9.52. The highest BCUT2D eigenvalue weighted by atomic mass is 32.1. The molecule has 0 spiro atoms. The van der Waals surface area contributed by atoms with Crippen LogP contribution in [0.2, 0.25) is 0 Å². The summed E-state index contributed by atoms with van der Waals surface area (Å²) in [6.45, 7) is 7.01. The van der Waals surface area contributed by atoms with Crippen molar-refractivity contribution in [2.75, 3.05) is 19.7 Å². The summed E-state index contributed by atoms with van der Waals surface area (Å²) in [6.07, 6.45) is 1.87. The zero-order valence-corrected chi connectivity index (χ0v) is 15.7. The van der Waals surface area contributed by atoms with Gasteiger partial charge in [-0.25, -0.2) is 0 Å². The molecule has 0 bridgehead atoms. The summed E-state index contributed by atoms with van der Waals surface area (Å²) in [5.41, 5.74) is 3.66. The van der Waals surface area contributed by atoms with Crippen molar-refractivity contribution in [1.82, 2.24) is 4.90 Å². The van der Waals surface area contributed by atoms with Crippen molar-refractivity contribution >= 4 is 23.0 Å². The van der Waals surface area contributed by atoms with E-state index in [1.54, 1.807) is 23.2 Å². The van der Waals surface area contributed by atoms with Crippen LogP contribution in [0.25, 0.3) is 10.4 Å². The van der Waals surface area contributed by atoms with E-state index in [9.17, 15) is 9.59 Å². The van der Waals surface area contributed by atoms with Crippen molar-refractivity contribution in [1.29, 1.82) is 0 Å². The molecule has 25 heavy (non-hydrogen) atoms. The summed E-state index contributed by atoms with van der Waals surface area (Å²) in [7, 11) is 0. The van der Waals surface area contributed by atoms with Crippen LogP contribution in [0.15, 0.2) is 24.3 Å². The number of benzene rings is 1. The minimum absolute atomic E-state index is 0.00867. The van der Waals surface area contributed by atoms with Crippen LogP contribution in [0, 0.1) is 0 Å². The number of thiophene rings is 1. The predicted molar refractivity (Wildman–Crippen MR) is 101 cm³/mol. The molecular weight excluding hydrogens is 334 g/mol. The SMILES string of the molecule is CCN(CC)C(=O)COc1ccc2c(c1)CCc1cc(C(C)=O)sc1-2. The molecule has 0 radical (unpaired) electrons. The molecule has 4 nitrogen and oxygen atoms in total. The lowest BCUT2D eigenvalue weighted by Crippen LogP contribution is -2.34. The lowest BCUT2D eigenvalue weighted by Gasteiger charge is -2.20. The summed E-state index contributed by atoms with van der Waals surface area (Å²) in [5, 5.41) is 0. The minimum atomic E-state index is 0.00867. The number of carbonyl (C=O) groups excluding carboxylic acids is 2. The number of rotatable bonds is 6. The number of fused-ring (bicyclic) bond motifs is 3. The Labute approximate surface area is 152 Å². The normalized spacial score (nSPS) is 12.3. The molecule has 0 atom stereocenters. The van der Waals surface area contributed by atoms with E-state index in [4.69, 9.17) is 4.74 Å². The molecule has 0 saturated carbocycles. The second kappa shape index (κ2) is 7.40. The van der Waals surface area contributed by atoms with Crippen LogP contribution in [0.4, 0.5) is 0 Å². The fraction of sp³-hybridized carbons (Fsp3) is 0.400. The highest BCUT2D eigenvalue weighted by molar-refractivity contribution is 7.17. The van der Waals surface area contributed by atoms with Crippen molar-refractivity contribution in [3.05, 3.63) is 40.3 Å². The van der Waals surface area contributed by atoms with E-state index in [0.717, 1.165) is 23.5 Å². The van der Waals surface area contributed by atoms with E-state index in [1.807, 2.05) is 38.1 Å². The Morgan fingerprint density at radius 2 is 1.84 bits per heavy atom. The number of amides is 1. The van der Waals surface area contributed by atoms with Crippen LogP contribution < -0.4 is 4.74 Å². The van der Waals surface area contributed by atoms with Crippen LogP contribution in [-0.4, -0.2) is 36.3 Å². The van der Waals surface area contributed by atoms with Crippen LogP contribution >= 0.6 is 11.3 Å². The van der Waals surface area contributed by atoms with Gasteiger partial charge in [0.05, 0.1) is 4.88 Å². The Morgan fingerprint density at radius 1 is 1.12 bits per heavy atom. The molecule has 1 aromatic heterocycles. The number of aryl methyl sites for hydroxylation is 2. The Kier molecular flexibility index (Phi) is 5.23. The van der Waals surface area contributed by atoms with Gasteiger partial charge in [-0.15, -0.1) is 11.3 Å². The second-order valence-electron chi connectivity index (χ2n) is 6.19. The molecule has 2 aromatic rings. The van der Waals surface area contributed by atoms with Crippen molar-refractivity contribution in [3.63, 3.8) is 0 Å². The predicted octanol–water partition coefficient (Wildman–Crippen LogP) is 3.96. The quantitative estimate of drug-likeness (QED) is 0.735. The molecular formula is C20H23NO3S. The van der Waals surface area contributed by atoms with Crippen LogP contribution in [0.3, 0.4) is 0 Å². The molecule has 1 aromatic carbocycles. The Bertz CT molecular complexity index is 805. The Hall–Kier alpha value is -2.14. The lowest BCUT2D eigenvalue weighted by molar-refractivity contribution is -0.132. The molecule has 132 valence electrons. The number of hydrogen-bond donors (Lipinski definition) is 0. The van der Waals surface area contributed by atoms with E-state index in [0.29, 0.717) is 13.1 Å². The van der Waals surface area contributed by atoms with E-state index in [2.05, 4.69) is 0 Å². The Balaban J connectivity index is 1.77. The van der Waals surface area contributed by atoms with Gasteiger partial charge in [0.2, 0.25) is 0 Å². The second-order valence-corrected chi connectivity index (χ2v) is 7.25. The highest BCUT2D eigenvalue weighted by Gasteiger charge is 2.21. The van der Waals surface area contributed by atoms with E-state index in [1.165, 1.54) is 21.6 Å². The molecule has 3 rings (SSSR count). The van der Waals surface area contributed by atoms with Crippen LogP contribution in [-0.2, 0) is 17.6 Å². The molecule has 0 unspecified atom stereocenters. The van der Waals surface area contributed by atoms with Crippen LogP contribution in [0.5, 0.6) is 5.75 Å². The molecule has 1 heterocycles. The van der Waals surface area contributed by atoms with Gasteiger partial charge in [0.15, 0.2) is 12.4 Å². The van der Waals surface area contributed by atoms with Crippen molar-refractivity contribution in [3.8, 4) is 16.2 Å². The minimum Gasteiger partial charge on any atom is -0.484 e. The van der Waals surface area contributed by atoms with Gasteiger partial charge in [0.1, 0.15) is 5.75 Å². The number of ether oxygens (including phenoxy) is 1. The average Bonchev–Trinajstić information content (AvgIpc) is 3.05. The van der Waals surface area contributed by atoms with Crippen LogP contribution in [0.1, 0.15) is 41.6 Å². The number of nitrogens with zero attached hydrogens (tertiary/aromatic N) is 1. The van der Waals surface area contributed by atoms with Crippen molar-refractivity contribution < 1.29 is 14.3 Å². The zero-order valence-electron chi connectivity index (χ0n) is 14.9. The first kappa shape index (κ1) is 17.7. The van der Waals surface area contributed by atoms with Gasteiger partial charge >= 0.3 is 0 Å². The maximum absolute atomic E-state index is 12.1. The molecule has 1 amide bonds. The third-order valence-electron chi connectivity index (χ3n) is 4.62. The summed E-state index contributed by atoms with van der Waals surface area (Å²) in [6, 6.07) is 8.01. The lowest BCUT2D eigenvalue weighted by atomic mass is 9.91. The van der Waals surface area contributed by atoms with E-state index < -0.39 is 0 Å². The topological polar surface area (TPSA) is 46.6 Å². The number of likely N-dealkylation sites (N-methyl/N-ethyl adjacent to an activating group) is 1. The smallest absolute Gasteiger partial charge is 0.260 e.